The Balaban J connectivity index is 1.37. The van der Waals surface area contributed by atoms with Crippen molar-refractivity contribution in [2.45, 2.75) is 20.1 Å². The van der Waals surface area contributed by atoms with Crippen LogP contribution in [-0.2, 0) is 13.2 Å². The predicted molar refractivity (Wildman–Crippen MR) is 120 cm³/mol. The van der Waals surface area contributed by atoms with Gasteiger partial charge in [-0.1, -0.05) is 41.9 Å². The average Bonchev–Trinajstić information content (AvgIpc) is 3.18. The van der Waals surface area contributed by atoms with Crippen molar-refractivity contribution in [2.75, 3.05) is 0 Å². The van der Waals surface area contributed by atoms with Crippen molar-refractivity contribution in [3.63, 3.8) is 0 Å². The van der Waals surface area contributed by atoms with Gasteiger partial charge >= 0.3 is 5.97 Å². The van der Waals surface area contributed by atoms with E-state index in [4.69, 9.17) is 25.5 Å². The van der Waals surface area contributed by atoms with Crippen molar-refractivity contribution in [1.29, 1.82) is 0 Å². The van der Waals surface area contributed by atoms with Crippen LogP contribution in [0.3, 0.4) is 0 Å². The van der Waals surface area contributed by atoms with Crippen molar-refractivity contribution in [1.82, 2.24) is 4.98 Å². The molecule has 0 unspecified atom stereocenters. The summed E-state index contributed by atoms with van der Waals surface area (Å²) in [4.78, 5) is 15.9. The van der Waals surface area contributed by atoms with Gasteiger partial charge in [-0.05, 0) is 55.0 Å². The molecule has 4 aromatic rings. The van der Waals surface area contributed by atoms with Crippen molar-refractivity contribution < 1.29 is 23.8 Å². The van der Waals surface area contributed by atoms with E-state index in [0.29, 0.717) is 22.4 Å². The minimum absolute atomic E-state index is 0.0622. The molecule has 32 heavy (non-hydrogen) atoms. The van der Waals surface area contributed by atoms with Crippen molar-refractivity contribution in [2.24, 2.45) is 0 Å². The number of carbonyl (C=O) groups is 1. The highest BCUT2D eigenvalue weighted by atomic mass is 35.5. The van der Waals surface area contributed by atoms with Gasteiger partial charge < -0.3 is 19.0 Å². The van der Waals surface area contributed by atoms with Crippen LogP contribution in [-0.4, -0.2) is 16.1 Å². The largest absolute Gasteiger partial charge is 0.488 e. The Morgan fingerprint density at radius 2 is 1.75 bits per heavy atom. The summed E-state index contributed by atoms with van der Waals surface area (Å²) in [5, 5.41) is 9.69. The summed E-state index contributed by atoms with van der Waals surface area (Å²) in [6.07, 6.45) is 0. The number of carboxylic acids is 1. The van der Waals surface area contributed by atoms with E-state index in [1.54, 1.807) is 0 Å². The quantitative estimate of drug-likeness (QED) is 0.347. The highest BCUT2D eigenvalue weighted by Gasteiger charge is 2.13. The molecule has 0 fully saturated rings. The normalized spacial score (nSPS) is 10.7. The van der Waals surface area contributed by atoms with Gasteiger partial charge in [-0.15, -0.1) is 0 Å². The van der Waals surface area contributed by atoms with E-state index in [-0.39, 0.29) is 24.5 Å². The molecule has 0 atom stereocenters. The van der Waals surface area contributed by atoms with Gasteiger partial charge in [0.2, 0.25) is 5.89 Å². The maximum atomic E-state index is 11.3. The summed E-state index contributed by atoms with van der Waals surface area (Å²) < 4.78 is 17.3. The molecule has 6 nitrogen and oxygen atoms in total. The Morgan fingerprint density at radius 1 is 1.00 bits per heavy atom. The fourth-order valence-electron chi connectivity index (χ4n) is 3.05. The van der Waals surface area contributed by atoms with Crippen molar-refractivity contribution in [3.05, 3.63) is 100 Å². The molecular weight excluding hydrogens is 430 g/mol. The third-order valence-corrected chi connectivity index (χ3v) is 5.02. The molecule has 1 heterocycles. The van der Waals surface area contributed by atoms with Gasteiger partial charge in [0.15, 0.2) is 0 Å². The number of nitrogens with zero attached hydrogens (tertiary/aromatic N) is 1. The number of hydrogen-bond donors (Lipinski definition) is 1. The number of rotatable bonds is 8. The molecule has 0 radical (unpaired) electrons. The molecule has 0 aliphatic rings. The van der Waals surface area contributed by atoms with Crippen LogP contribution in [0.15, 0.2) is 77.2 Å². The van der Waals surface area contributed by atoms with E-state index in [1.165, 1.54) is 18.2 Å². The number of oxazole rings is 1. The topological polar surface area (TPSA) is 81.8 Å². The van der Waals surface area contributed by atoms with Gasteiger partial charge in [0.05, 0.1) is 0 Å². The van der Waals surface area contributed by atoms with Crippen LogP contribution in [0.4, 0.5) is 0 Å². The van der Waals surface area contributed by atoms with E-state index in [9.17, 15) is 9.90 Å². The first-order valence-corrected chi connectivity index (χ1v) is 10.3. The van der Waals surface area contributed by atoms with Crippen molar-refractivity contribution >= 4 is 17.6 Å². The van der Waals surface area contributed by atoms with Crippen LogP contribution < -0.4 is 9.47 Å². The first kappa shape index (κ1) is 21.5. The summed E-state index contributed by atoms with van der Waals surface area (Å²) in [5.74, 6) is 1.10. The number of aromatic nitrogens is 1. The lowest BCUT2D eigenvalue weighted by Gasteiger charge is -2.10. The van der Waals surface area contributed by atoms with Gasteiger partial charge in [0.25, 0.3) is 0 Å². The number of ether oxygens (including phenoxy) is 2. The Hall–Kier alpha value is -3.77. The van der Waals surface area contributed by atoms with Crippen LogP contribution >= 0.6 is 11.6 Å². The molecule has 0 amide bonds. The number of hydrogen-bond acceptors (Lipinski definition) is 5. The number of benzene rings is 3. The molecule has 1 N–H and O–H groups in total. The first-order valence-electron chi connectivity index (χ1n) is 9.88. The highest BCUT2D eigenvalue weighted by molar-refractivity contribution is 6.30. The summed E-state index contributed by atoms with van der Waals surface area (Å²) in [6.45, 7) is 2.34. The number of aryl methyl sites for hydroxylation is 1. The second-order valence-corrected chi connectivity index (χ2v) is 7.49. The molecule has 0 saturated carbocycles. The SMILES string of the molecule is Cc1oc(-c2ccccc2)nc1COc1ccc(COc2cc(Cl)ccc2C(=O)O)cc1. The lowest BCUT2D eigenvalue weighted by Crippen LogP contribution is -2.03. The minimum atomic E-state index is -1.07. The predicted octanol–water partition coefficient (Wildman–Crippen LogP) is 6.16. The molecule has 1 aromatic heterocycles. The number of aromatic carboxylic acids is 1. The standard InChI is InChI=1S/C25H20ClNO5/c1-16-22(27-24(32-16)18-5-3-2-4-6-18)15-30-20-10-7-17(8-11-20)14-31-23-13-19(26)9-12-21(23)25(28)29/h2-13H,14-15H2,1H3,(H,28,29). The van der Waals surface area contributed by atoms with Crippen LogP contribution in [0.5, 0.6) is 11.5 Å². The lowest BCUT2D eigenvalue weighted by molar-refractivity contribution is 0.0691. The van der Waals surface area contributed by atoms with E-state index in [1.807, 2.05) is 61.5 Å². The van der Waals surface area contributed by atoms with Crippen LogP contribution in [0.2, 0.25) is 5.02 Å². The zero-order valence-corrected chi connectivity index (χ0v) is 18.0. The summed E-state index contributed by atoms with van der Waals surface area (Å²) in [5.41, 5.74) is 2.57. The summed E-state index contributed by atoms with van der Waals surface area (Å²) in [6, 6.07) is 21.5. The second kappa shape index (κ2) is 9.58. The fourth-order valence-corrected chi connectivity index (χ4v) is 3.22. The molecule has 3 aromatic carbocycles. The maximum absolute atomic E-state index is 11.3. The highest BCUT2D eigenvalue weighted by Crippen LogP contribution is 2.25. The molecule has 162 valence electrons. The van der Waals surface area contributed by atoms with Gasteiger partial charge in [-0.2, -0.15) is 0 Å². The first-order chi connectivity index (χ1) is 15.5. The molecule has 0 spiro atoms. The molecule has 0 saturated heterocycles. The van der Waals surface area contributed by atoms with Gasteiger partial charge in [-0.3, -0.25) is 0 Å². The van der Waals surface area contributed by atoms with Crippen LogP contribution in [0.1, 0.15) is 27.4 Å². The van der Waals surface area contributed by atoms with Crippen LogP contribution in [0, 0.1) is 6.92 Å². The zero-order chi connectivity index (χ0) is 22.5. The van der Waals surface area contributed by atoms with E-state index < -0.39 is 5.97 Å². The van der Waals surface area contributed by atoms with E-state index in [0.717, 1.165) is 16.8 Å². The Bertz CT molecular complexity index is 1220. The molecule has 0 aliphatic carbocycles. The third-order valence-electron chi connectivity index (χ3n) is 4.78. The van der Waals surface area contributed by atoms with Crippen molar-refractivity contribution in [3.8, 4) is 23.0 Å². The second-order valence-electron chi connectivity index (χ2n) is 7.05. The van der Waals surface area contributed by atoms with Crippen LogP contribution in [0.25, 0.3) is 11.5 Å². The Morgan fingerprint density at radius 3 is 2.47 bits per heavy atom. The zero-order valence-electron chi connectivity index (χ0n) is 17.2. The molecule has 7 heteroatoms. The van der Waals surface area contributed by atoms with Gasteiger partial charge in [-0.25, -0.2) is 9.78 Å². The van der Waals surface area contributed by atoms with E-state index in [2.05, 4.69) is 4.98 Å². The van der Waals surface area contributed by atoms with Gasteiger partial charge in [0, 0.05) is 10.6 Å². The monoisotopic (exact) mass is 449 g/mol. The summed E-state index contributed by atoms with van der Waals surface area (Å²) >= 11 is 5.96. The number of carboxylic acid groups (broad SMARTS) is 1. The maximum Gasteiger partial charge on any atom is 0.339 e. The molecule has 4 rings (SSSR count). The minimum Gasteiger partial charge on any atom is -0.488 e. The van der Waals surface area contributed by atoms with Gasteiger partial charge in [0.1, 0.15) is 41.7 Å². The number of halogens is 1. The Kier molecular flexibility index (Phi) is 6.42. The Labute approximate surface area is 190 Å². The fraction of sp³-hybridized carbons (Fsp3) is 0.120. The lowest BCUT2D eigenvalue weighted by atomic mass is 10.2. The average molecular weight is 450 g/mol. The third kappa shape index (κ3) is 5.10. The smallest absolute Gasteiger partial charge is 0.339 e. The summed E-state index contributed by atoms with van der Waals surface area (Å²) in [7, 11) is 0. The molecule has 0 bridgehead atoms. The van der Waals surface area contributed by atoms with E-state index >= 15 is 0 Å². The molecule has 0 aliphatic heterocycles. The molecular formula is C25H20ClNO5.